The van der Waals surface area contributed by atoms with Crippen LogP contribution in [0, 0.1) is 5.92 Å². The predicted octanol–water partition coefficient (Wildman–Crippen LogP) is 3.00. The first-order valence-corrected chi connectivity index (χ1v) is 7.63. The van der Waals surface area contributed by atoms with Gasteiger partial charge in [0, 0.05) is 11.4 Å². The molecule has 0 spiro atoms. The van der Waals surface area contributed by atoms with E-state index >= 15 is 0 Å². The van der Waals surface area contributed by atoms with Crippen LogP contribution in [0.5, 0.6) is 0 Å². The molecule has 0 aliphatic carbocycles. The molecule has 1 aromatic rings. The van der Waals surface area contributed by atoms with Crippen molar-refractivity contribution in [3.8, 4) is 0 Å². The molecular weight excluding hydrogens is 298 g/mol. The molecule has 0 unspecified atom stereocenters. The predicted molar refractivity (Wildman–Crippen MR) is 81.2 cm³/mol. The molecule has 1 amide bonds. The van der Waals surface area contributed by atoms with Crippen molar-refractivity contribution in [2.75, 3.05) is 18.8 Å². The van der Waals surface area contributed by atoms with E-state index in [0.717, 1.165) is 4.90 Å². The van der Waals surface area contributed by atoms with Gasteiger partial charge in [0.1, 0.15) is 6.54 Å². The molecule has 0 atom stereocenters. The van der Waals surface area contributed by atoms with Gasteiger partial charge in [-0.3, -0.25) is 9.59 Å². The van der Waals surface area contributed by atoms with E-state index in [1.54, 1.807) is 6.07 Å². The highest BCUT2D eigenvalue weighted by Gasteiger charge is 2.18. The SMILES string of the molecule is CC(C)CN(CC(=O)O)C(=O)CSc1ccccc1Cl. The molecule has 110 valence electrons. The molecule has 1 aromatic carbocycles. The normalized spacial score (nSPS) is 10.6. The lowest BCUT2D eigenvalue weighted by Gasteiger charge is -2.22. The van der Waals surface area contributed by atoms with Crippen molar-refractivity contribution in [1.82, 2.24) is 4.90 Å². The van der Waals surface area contributed by atoms with Crippen LogP contribution in [0.2, 0.25) is 5.02 Å². The van der Waals surface area contributed by atoms with Crippen LogP contribution in [0.15, 0.2) is 29.2 Å². The van der Waals surface area contributed by atoms with Gasteiger partial charge >= 0.3 is 5.97 Å². The number of aliphatic carboxylic acids is 1. The van der Waals surface area contributed by atoms with Gasteiger partial charge in [-0.25, -0.2) is 0 Å². The average Bonchev–Trinajstić information content (AvgIpc) is 2.35. The minimum Gasteiger partial charge on any atom is -0.480 e. The third-order valence-electron chi connectivity index (χ3n) is 2.45. The number of benzene rings is 1. The van der Waals surface area contributed by atoms with Gasteiger partial charge in [0.05, 0.1) is 10.8 Å². The summed E-state index contributed by atoms with van der Waals surface area (Å²) in [6, 6.07) is 7.27. The van der Waals surface area contributed by atoms with Crippen LogP contribution in [0.3, 0.4) is 0 Å². The number of rotatable bonds is 7. The van der Waals surface area contributed by atoms with E-state index in [2.05, 4.69) is 0 Å². The van der Waals surface area contributed by atoms with Crippen LogP contribution in [-0.4, -0.2) is 40.7 Å². The third-order valence-corrected chi connectivity index (χ3v) is 3.95. The number of halogens is 1. The molecule has 0 bridgehead atoms. The second-order valence-corrected chi connectivity index (χ2v) is 6.21. The Morgan fingerprint density at radius 3 is 2.55 bits per heavy atom. The molecule has 1 N–H and O–H groups in total. The van der Waals surface area contributed by atoms with Crippen LogP contribution < -0.4 is 0 Å². The van der Waals surface area contributed by atoms with Crippen LogP contribution >= 0.6 is 23.4 Å². The van der Waals surface area contributed by atoms with Crippen LogP contribution in [0.1, 0.15) is 13.8 Å². The molecule has 0 aliphatic rings. The van der Waals surface area contributed by atoms with Crippen LogP contribution in [0.4, 0.5) is 0 Å². The zero-order valence-corrected chi connectivity index (χ0v) is 13.1. The molecule has 6 heteroatoms. The van der Waals surface area contributed by atoms with E-state index in [9.17, 15) is 9.59 Å². The van der Waals surface area contributed by atoms with Gasteiger partial charge in [-0.2, -0.15) is 0 Å². The maximum atomic E-state index is 12.1. The lowest BCUT2D eigenvalue weighted by molar-refractivity contribution is -0.143. The number of carbonyl (C=O) groups is 2. The van der Waals surface area contributed by atoms with E-state index in [0.29, 0.717) is 11.6 Å². The minimum absolute atomic E-state index is 0.184. The number of carboxylic acid groups (broad SMARTS) is 1. The molecular formula is C14H18ClNO3S. The van der Waals surface area contributed by atoms with E-state index in [-0.39, 0.29) is 24.1 Å². The van der Waals surface area contributed by atoms with Gasteiger partial charge in [0.15, 0.2) is 0 Å². The minimum atomic E-state index is -0.998. The Morgan fingerprint density at radius 2 is 2.00 bits per heavy atom. The average molecular weight is 316 g/mol. The van der Waals surface area contributed by atoms with E-state index in [1.165, 1.54) is 16.7 Å². The number of carboxylic acids is 1. The summed E-state index contributed by atoms with van der Waals surface area (Å²) in [4.78, 5) is 25.1. The summed E-state index contributed by atoms with van der Waals surface area (Å²) < 4.78 is 0. The smallest absolute Gasteiger partial charge is 0.323 e. The highest BCUT2D eigenvalue weighted by atomic mass is 35.5. The Bertz CT molecular complexity index is 479. The summed E-state index contributed by atoms with van der Waals surface area (Å²) in [5.74, 6) is -0.777. The molecule has 20 heavy (non-hydrogen) atoms. The Labute approximate surface area is 128 Å². The fraction of sp³-hybridized carbons (Fsp3) is 0.429. The summed E-state index contributed by atoms with van der Waals surface area (Å²) in [6.45, 7) is 4.07. The first-order valence-electron chi connectivity index (χ1n) is 6.27. The Kier molecular flexibility index (Phi) is 6.88. The van der Waals surface area contributed by atoms with Gasteiger partial charge in [-0.05, 0) is 18.1 Å². The van der Waals surface area contributed by atoms with Crippen molar-refractivity contribution in [1.29, 1.82) is 0 Å². The molecule has 0 aliphatic heterocycles. The van der Waals surface area contributed by atoms with Gasteiger partial charge in [-0.15, -0.1) is 11.8 Å². The molecule has 0 saturated heterocycles. The number of carbonyl (C=O) groups excluding carboxylic acids is 1. The highest BCUT2D eigenvalue weighted by molar-refractivity contribution is 8.00. The summed E-state index contributed by atoms with van der Waals surface area (Å²) in [5.41, 5.74) is 0. The number of amides is 1. The summed E-state index contributed by atoms with van der Waals surface area (Å²) in [6.07, 6.45) is 0. The number of hydrogen-bond acceptors (Lipinski definition) is 3. The Balaban J connectivity index is 2.62. The summed E-state index contributed by atoms with van der Waals surface area (Å²) in [7, 11) is 0. The van der Waals surface area contributed by atoms with Crippen molar-refractivity contribution in [2.24, 2.45) is 5.92 Å². The van der Waals surface area contributed by atoms with Crippen molar-refractivity contribution in [3.63, 3.8) is 0 Å². The van der Waals surface area contributed by atoms with Gasteiger partial charge < -0.3 is 10.0 Å². The van der Waals surface area contributed by atoms with Gasteiger partial charge in [-0.1, -0.05) is 37.6 Å². The molecule has 0 fully saturated rings. The molecule has 0 saturated carbocycles. The topological polar surface area (TPSA) is 57.6 Å². The van der Waals surface area contributed by atoms with Crippen LogP contribution in [-0.2, 0) is 9.59 Å². The van der Waals surface area contributed by atoms with Crippen molar-refractivity contribution >= 4 is 35.2 Å². The van der Waals surface area contributed by atoms with Gasteiger partial charge in [0.2, 0.25) is 5.91 Å². The van der Waals surface area contributed by atoms with Crippen LogP contribution in [0.25, 0.3) is 0 Å². The maximum Gasteiger partial charge on any atom is 0.323 e. The highest BCUT2D eigenvalue weighted by Crippen LogP contribution is 2.26. The largest absolute Gasteiger partial charge is 0.480 e. The molecule has 1 rings (SSSR count). The van der Waals surface area contributed by atoms with Gasteiger partial charge in [0.25, 0.3) is 0 Å². The zero-order valence-electron chi connectivity index (χ0n) is 11.5. The molecule has 0 radical (unpaired) electrons. The number of thioether (sulfide) groups is 1. The van der Waals surface area contributed by atoms with E-state index in [4.69, 9.17) is 16.7 Å². The molecule has 0 aromatic heterocycles. The fourth-order valence-electron chi connectivity index (χ4n) is 1.65. The molecule has 4 nitrogen and oxygen atoms in total. The Hall–Kier alpha value is -1.20. The van der Waals surface area contributed by atoms with E-state index < -0.39 is 5.97 Å². The molecule has 0 heterocycles. The fourth-order valence-corrected chi connectivity index (χ4v) is 2.79. The van der Waals surface area contributed by atoms with Crippen molar-refractivity contribution in [2.45, 2.75) is 18.7 Å². The quantitative estimate of drug-likeness (QED) is 0.786. The maximum absolute atomic E-state index is 12.1. The number of nitrogens with zero attached hydrogens (tertiary/aromatic N) is 1. The van der Waals surface area contributed by atoms with E-state index in [1.807, 2.05) is 32.0 Å². The lowest BCUT2D eigenvalue weighted by atomic mass is 10.2. The van der Waals surface area contributed by atoms with Crippen molar-refractivity contribution in [3.05, 3.63) is 29.3 Å². The second-order valence-electron chi connectivity index (χ2n) is 4.78. The third kappa shape index (κ3) is 5.84. The Morgan fingerprint density at radius 1 is 1.35 bits per heavy atom. The summed E-state index contributed by atoms with van der Waals surface area (Å²) in [5, 5.41) is 9.45. The zero-order chi connectivity index (χ0) is 15.1. The van der Waals surface area contributed by atoms with Crippen molar-refractivity contribution < 1.29 is 14.7 Å². The first kappa shape index (κ1) is 16.9. The standard InChI is InChI=1S/C14H18ClNO3S/c1-10(2)7-16(8-14(18)19)13(17)9-20-12-6-4-3-5-11(12)15/h3-6,10H,7-9H2,1-2H3,(H,18,19). The summed E-state index contributed by atoms with van der Waals surface area (Å²) >= 11 is 7.34. The first-order chi connectivity index (χ1) is 9.40. The second kappa shape index (κ2) is 8.17. The lowest BCUT2D eigenvalue weighted by Crippen LogP contribution is -2.39. The monoisotopic (exact) mass is 315 g/mol. The number of hydrogen-bond donors (Lipinski definition) is 1.